The zero-order valence-electron chi connectivity index (χ0n) is 11.7. The molecular formula is C13H25N3O. The molecule has 0 amide bonds. The van der Waals surface area contributed by atoms with Crippen LogP contribution in [0.1, 0.15) is 33.4 Å². The van der Waals surface area contributed by atoms with Crippen molar-refractivity contribution in [2.24, 2.45) is 7.05 Å². The smallest absolute Gasteiger partial charge is 0.0640 e. The van der Waals surface area contributed by atoms with E-state index in [-0.39, 0.29) is 5.60 Å². The Morgan fingerprint density at radius 3 is 2.65 bits per heavy atom. The molecule has 98 valence electrons. The van der Waals surface area contributed by atoms with Crippen LogP contribution >= 0.6 is 0 Å². The summed E-state index contributed by atoms with van der Waals surface area (Å²) >= 11 is 0. The Labute approximate surface area is 104 Å². The molecule has 0 bridgehead atoms. The van der Waals surface area contributed by atoms with Crippen LogP contribution in [0.2, 0.25) is 0 Å². The highest BCUT2D eigenvalue weighted by molar-refractivity contribution is 5.01. The molecule has 0 fully saturated rings. The summed E-state index contributed by atoms with van der Waals surface area (Å²) in [6, 6.07) is 2.38. The van der Waals surface area contributed by atoms with Crippen LogP contribution in [-0.4, -0.2) is 34.6 Å². The van der Waals surface area contributed by atoms with E-state index in [2.05, 4.69) is 44.2 Å². The van der Waals surface area contributed by atoms with Crippen molar-refractivity contribution < 1.29 is 4.74 Å². The van der Waals surface area contributed by atoms with E-state index in [0.717, 1.165) is 18.7 Å². The SMILES string of the molecule is CCNC(COC(C)(C)C)Cc1ccn(C)n1. The Bertz CT molecular complexity index is 328. The van der Waals surface area contributed by atoms with E-state index < -0.39 is 0 Å². The minimum absolute atomic E-state index is 0.0855. The fourth-order valence-electron chi connectivity index (χ4n) is 1.65. The second kappa shape index (κ2) is 6.17. The molecule has 1 N–H and O–H groups in total. The van der Waals surface area contributed by atoms with Gasteiger partial charge in [0, 0.05) is 25.7 Å². The normalized spacial score (nSPS) is 13.9. The molecule has 0 saturated carbocycles. The number of hydrogen-bond acceptors (Lipinski definition) is 3. The van der Waals surface area contributed by atoms with Crippen molar-refractivity contribution in [1.82, 2.24) is 15.1 Å². The molecule has 0 aliphatic rings. The van der Waals surface area contributed by atoms with Gasteiger partial charge in [-0.2, -0.15) is 5.10 Å². The minimum atomic E-state index is -0.0855. The number of aryl methyl sites for hydroxylation is 1. The summed E-state index contributed by atoms with van der Waals surface area (Å²) in [4.78, 5) is 0. The third-order valence-corrected chi connectivity index (χ3v) is 2.43. The summed E-state index contributed by atoms with van der Waals surface area (Å²) in [7, 11) is 1.94. The molecule has 1 rings (SSSR count). The van der Waals surface area contributed by atoms with Gasteiger partial charge < -0.3 is 10.1 Å². The average molecular weight is 239 g/mol. The lowest BCUT2D eigenvalue weighted by molar-refractivity contribution is -0.0142. The van der Waals surface area contributed by atoms with Crippen molar-refractivity contribution in [2.75, 3.05) is 13.2 Å². The van der Waals surface area contributed by atoms with Crippen molar-refractivity contribution in [3.05, 3.63) is 18.0 Å². The monoisotopic (exact) mass is 239 g/mol. The predicted octanol–water partition coefficient (Wildman–Crippen LogP) is 1.76. The highest BCUT2D eigenvalue weighted by Gasteiger charge is 2.16. The molecule has 1 aromatic rings. The summed E-state index contributed by atoms with van der Waals surface area (Å²) in [6.45, 7) is 10.0. The number of aromatic nitrogens is 2. The van der Waals surface area contributed by atoms with E-state index >= 15 is 0 Å². The van der Waals surface area contributed by atoms with Gasteiger partial charge in [0.05, 0.1) is 17.9 Å². The van der Waals surface area contributed by atoms with E-state index in [4.69, 9.17) is 4.74 Å². The lowest BCUT2D eigenvalue weighted by Gasteiger charge is -2.24. The summed E-state index contributed by atoms with van der Waals surface area (Å²) in [5.74, 6) is 0. The van der Waals surface area contributed by atoms with Crippen LogP contribution in [0.25, 0.3) is 0 Å². The van der Waals surface area contributed by atoms with Crippen LogP contribution in [-0.2, 0) is 18.2 Å². The second-order valence-corrected chi connectivity index (χ2v) is 5.36. The largest absolute Gasteiger partial charge is 0.374 e. The highest BCUT2D eigenvalue weighted by Crippen LogP contribution is 2.09. The maximum atomic E-state index is 5.83. The van der Waals surface area contributed by atoms with Gasteiger partial charge in [0.1, 0.15) is 0 Å². The molecular weight excluding hydrogens is 214 g/mol. The quantitative estimate of drug-likeness (QED) is 0.822. The van der Waals surface area contributed by atoms with E-state index in [1.165, 1.54) is 0 Å². The zero-order valence-corrected chi connectivity index (χ0v) is 11.7. The average Bonchev–Trinajstić information content (AvgIpc) is 2.60. The van der Waals surface area contributed by atoms with Crippen molar-refractivity contribution in [1.29, 1.82) is 0 Å². The van der Waals surface area contributed by atoms with Gasteiger partial charge in [0.15, 0.2) is 0 Å². The Morgan fingerprint density at radius 1 is 1.47 bits per heavy atom. The van der Waals surface area contributed by atoms with Crippen LogP contribution in [0.5, 0.6) is 0 Å². The van der Waals surface area contributed by atoms with Gasteiger partial charge in [0.2, 0.25) is 0 Å². The van der Waals surface area contributed by atoms with Gasteiger partial charge in [-0.25, -0.2) is 0 Å². The Morgan fingerprint density at radius 2 is 2.18 bits per heavy atom. The first-order valence-corrected chi connectivity index (χ1v) is 6.26. The van der Waals surface area contributed by atoms with Gasteiger partial charge in [-0.15, -0.1) is 0 Å². The Hall–Kier alpha value is -0.870. The van der Waals surface area contributed by atoms with Crippen LogP contribution in [0.3, 0.4) is 0 Å². The first kappa shape index (κ1) is 14.2. The fraction of sp³-hybridized carbons (Fsp3) is 0.769. The molecule has 0 saturated heterocycles. The van der Waals surface area contributed by atoms with Crippen LogP contribution < -0.4 is 5.32 Å². The maximum Gasteiger partial charge on any atom is 0.0640 e. The van der Waals surface area contributed by atoms with Gasteiger partial charge in [-0.1, -0.05) is 6.92 Å². The van der Waals surface area contributed by atoms with Gasteiger partial charge >= 0.3 is 0 Å². The second-order valence-electron chi connectivity index (χ2n) is 5.36. The number of likely N-dealkylation sites (N-methyl/N-ethyl adjacent to an activating group) is 1. The molecule has 4 heteroatoms. The molecule has 1 heterocycles. The summed E-state index contributed by atoms with van der Waals surface area (Å²) in [5.41, 5.74) is 1.02. The molecule has 0 spiro atoms. The molecule has 4 nitrogen and oxygen atoms in total. The number of ether oxygens (including phenoxy) is 1. The molecule has 1 aromatic heterocycles. The van der Waals surface area contributed by atoms with Crippen LogP contribution in [0.4, 0.5) is 0 Å². The molecule has 0 radical (unpaired) electrons. The molecule has 0 aliphatic heterocycles. The van der Waals surface area contributed by atoms with Crippen LogP contribution in [0.15, 0.2) is 12.3 Å². The first-order chi connectivity index (χ1) is 7.90. The molecule has 1 atom stereocenters. The summed E-state index contributed by atoms with van der Waals surface area (Å²) in [6.07, 6.45) is 2.88. The lowest BCUT2D eigenvalue weighted by Crippen LogP contribution is -2.38. The number of hydrogen-bond donors (Lipinski definition) is 1. The Balaban J connectivity index is 2.48. The molecule has 0 aliphatic carbocycles. The highest BCUT2D eigenvalue weighted by atomic mass is 16.5. The molecule has 1 unspecified atom stereocenters. The van der Waals surface area contributed by atoms with Crippen molar-refractivity contribution >= 4 is 0 Å². The fourth-order valence-corrected chi connectivity index (χ4v) is 1.65. The van der Waals surface area contributed by atoms with Crippen LogP contribution in [0, 0.1) is 0 Å². The predicted molar refractivity (Wildman–Crippen MR) is 70.1 cm³/mol. The third kappa shape index (κ3) is 5.84. The van der Waals surface area contributed by atoms with E-state index in [1.54, 1.807) is 0 Å². The summed E-state index contributed by atoms with van der Waals surface area (Å²) < 4.78 is 7.66. The van der Waals surface area contributed by atoms with Gasteiger partial charge in [-0.3, -0.25) is 4.68 Å². The van der Waals surface area contributed by atoms with Crippen molar-refractivity contribution in [3.8, 4) is 0 Å². The lowest BCUT2D eigenvalue weighted by atomic mass is 10.1. The molecule has 0 aromatic carbocycles. The zero-order chi connectivity index (χ0) is 12.9. The van der Waals surface area contributed by atoms with Crippen molar-refractivity contribution in [2.45, 2.75) is 45.8 Å². The third-order valence-electron chi connectivity index (χ3n) is 2.43. The standard InChI is InChI=1S/C13H25N3O/c1-6-14-12(10-17-13(2,3)4)9-11-7-8-16(5)15-11/h7-8,12,14H,6,9-10H2,1-5H3. The number of nitrogens with zero attached hydrogens (tertiary/aromatic N) is 2. The van der Waals surface area contributed by atoms with E-state index in [1.807, 2.05) is 17.9 Å². The van der Waals surface area contributed by atoms with E-state index in [0.29, 0.717) is 12.6 Å². The topological polar surface area (TPSA) is 39.1 Å². The molecule has 17 heavy (non-hydrogen) atoms. The van der Waals surface area contributed by atoms with Crippen molar-refractivity contribution in [3.63, 3.8) is 0 Å². The van der Waals surface area contributed by atoms with Gasteiger partial charge in [0.25, 0.3) is 0 Å². The van der Waals surface area contributed by atoms with Gasteiger partial charge in [-0.05, 0) is 33.4 Å². The van der Waals surface area contributed by atoms with E-state index in [9.17, 15) is 0 Å². The Kier molecular flexibility index (Phi) is 5.15. The number of nitrogens with one attached hydrogen (secondary N) is 1. The first-order valence-electron chi connectivity index (χ1n) is 6.26. The maximum absolute atomic E-state index is 5.83. The minimum Gasteiger partial charge on any atom is -0.374 e. The number of rotatable bonds is 6. The summed E-state index contributed by atoms with van der Waals surface area (Å²) in [5, 5.41) is 7.84.